The molecule has 0 bridgehead atoms. The van der Waals surface area contributed by atoms with Crippen molar-refractivity contribution in [1.82, 2.24) is 0 Å². The second kappa shape index (κ2) is 7.14. The number of hydrogen-bond acceptors (Lipinski definition) is 3. The fraction of sp³-hybridized carbons (Fsp3) is 0.923. The standard InChI is InChI=1S/C13H26O3S/c1-7-9-10(3)11(4)17(15)13(5,6)12(14)16-8-2/h10-11H,7-9H2,1-6H3. The maximum Gasteiger partial charge on any atom is 0.324 e. The summed E-state index contributed by atoms with van der Waals surface area (Å²) in [6.45, 7) is 11.7. The third kappa shape index (κ3) is 4.41. The summed E-state index contributed by atoms with van der Waals surface area (Å²) in [5.74, 6) is -0.0107. The first-order chi connectivity index (χ1) is 7.78. The summed E-state index contributed by atoms with van der Waals surface area (Å²) in [6, 6.07) is 0. The van der Waals surface area contributed by atoms with Crippen molar-refractivity contribution < 1.29 is 13.7 Å². The van der Waals surface area contributed by atoms with E-state index in [-0.39, 0.29) is 11.2 Å². The molecule has 0 N–H and O–H groups in total. The predicted octanol–water partition coefficient (Wildman–Crippen LogP) is 2.90. The van der Waals surface area contributed by atoms with Crippen LogP contribution in [0.5, 0.6) is 0 Å². The lowest BCUT2D eigenvalue weighted by Gasteiger charge is -2.28. The second-order valence-corrected chi connectivity index (χ2v) is 7.36. The van der Waals surface area contributed by atoms with Gasteiger partial charge in [0.2, 0.25) is 0 Å². The molecule has 0 heterocycles. The minimum absolute atomic E-state index is 0.00866. The third-order valence-corrected chi connectivity index (χ3v) is 5.47. The monoisotopic (exact) mass is 262 g/mol. The molecule has 0 radical (unpaired) electrons. The van der Waals surface area contributed by atoms with E-state index in [1.807, 2.05) is 6.92 Å². The van der Waals surface area contributed by atoms with E-state index < -0.39 is 15.5 Å². The highest BCUT2D eigenvalue weighted by molar-refractivity contribution is 7.87. The lowest BCUT2D eigenvalue weighted by molar-refractivity contribution is -0.145. The van der Waals surface area contributed by atoms with E-state index in [1.165, 1.54) is 0 Å². The van der Waals surface area contributed by atoms with Gasteiger partial charge in [-0.25, -0.2) is 0 Å². The van der Waals surface area contributed by atoms with Crippen molar-refractivity contribution in [2.24, 2.45) is 5.92 Å². The zero-order valence-electron chi connectivity index (χ0n) is 11.9. The van der Waals surface area contributed by atoms with E-state index in [4.69, 9.17) is 4.74 Å². The molecule has 0 saturated carbocycles. The van der Waals surface area contributed by atoms with Gasteiger partial charge in [-0.1, -0.05) is 27.2 Å². The van der Waals surface area contributed by atoms with E-state index in [0.717, 1.165) is 12.8 Å². The van der Waals surface area contributed by atoms with Crippen molar-refractivity contribution in [3.8, 4) is 0 Å². The Morgan fingerprint density at radius 2 is 1.82 bits per heavy atom. The lowest BCUT2D eigenvalue weighted by atomic mass is 10.0. The van der Waals surface area contributed by atoms with Crippen LogP contribution in [0.2, 0.25) is 0 Å². The van der Waals surface area contributed by atoms with Gasteiger partial charge in [0, 0.05) is 16.0 Å². The SMILES string of the molecule is CCCC(C)C(C)S(=O)C(C)(C)C(=O)OCC. The van der Waals surface area contributed by atoms with Crippen molar-refractivity contribution in [3.63, 3.8) is 0 Å². The quantitative estimate of drug-likeness (QED) is 0.663. The van der Waals surface area contributed by atoms with Crippen LogP contribution in [0.15, 0.2) is 0 Å². The lowest BCUT2D eigenvalue weighted by Crippen LogP contribution is -2.43. The van der Waals surface area contributed by atoms with Crippen molar-refractivity contribution in [2.75, 3.05) is 6.61 Å². The van der Waals surface area contributed by atoms with E-state index in [2.05, 4.69) is 13.8 Å². The molecular formula is C13H26O3S. The van der Waals surface area contributed by atoms with Gasteiger partial charge in [0.1, 0.15) is 4.75 Å². The maximum absolute atomic E-state index is 12.4. The van der Waals surface area contributed by atoms with Crippen LogP contribution in [0.4, 0.5) is 0 Å². The minimum Gasteiger partial charge on any atom is -0.465 e. The zero-order valence-corrected chi connectivity index (χ0v) is 12.7. The van der Waals surface area contributed by atoms with Crippen LogP contribution >= 0.6 is 0 Å². The number of carbonyl (C=O) groups is 1. The fourth-order valence-electron chi connectivity index (χ4n) is 1.75. The molecule has 102 valence electrons. The van der Waals surface area contributed by atoms with Gasteiger partial charge in [-0.3, -0.25) is 9.00 Å². The van der Waals surface area contributed by atoms with Crippen LogP contribution < -0.4 is 0 Å². The first-order valence-corrected chi connectivity index (χ1v) is 7.58. The highest BCUT2D eigenvalue weighted by Gasteiger charge is 2.39. The van der Waals surface area contributed by atoms with Crippen LogP contribution in [0, 0.1) is 5.92 Å². The Morgan fingerprint density at radius 3 is 2.24 bits per heavy atom. The Labute approximate surface area is 108 Å². The molecule has 17 heavy (non-hydrogen) atoms. The summed E-state index contributed by atoms with van der Waals surface area (Å²) in [4.78, 5) is 11.8. The molecule has 0 amide bonds. The molecule has 3 atom stereocenters. The van der Waals surface area contributed by atoms with Crippen LogP contribution in [0.3, 0.4) is 0 Å². The predicted molar refractivity (Wildman–Crippen MR) is 72.4 cm³/mol. The van der Waals surface area contributed by atoms with Crippen LogP contribution in [0.25, 0.3) is 0 Å². The minimum atomic E-state index is -1.21. The number of rotatable bonds is 7. The van der Waals surface area contributed by atoms with Gasteiger partial charge in [0.05, 0.1) is 6.61 Å². The third-order valence-electron chi connectivity index (χ3n) is 3.15. The van der Waals surface area contributed by atoms with Crippen molar-refractivity contribution in [3.05, 3.63) is 0 Å². The summed E-state index contributed by atoms with van der Waals surface area (Å²) < 4.78 is 16.5. The summed E-state index contributed by atoms with van der Waals surface area (Å²) in [7, 11) is -1.21. The van der Waals surface area contributed by atoms with Gasteiger partial charge in [0.25, 0.3) is 0 Å². The zero-order chi connectivity index (χ0) is 13.6. The Kier molecular flexibility index (Phi) is 6.98. The number of ether oxygens (including phenoxy) is 1. The molecule has 0 aromatic rings. The highest BCUT2D eigenvalue weighted by Crippen LogP contribution is 2.25. The molecule has 0 aliphatic heterocycles. The molecular weight excluding hydrogens is 236 g/mol. The van der Waals surface area contributed by atoms with Crippen molar-refractivity contribution >= 4 is 16.8 Å². The molecule has 0 aromatic heterocycles. The molecule has 3 nitrogen and oxygen atoms in total. The Morgan fingerprint density at radius 1 is 1.29 bits per heavy atom. The molecule has 0 spiro atoms. The molecule has 4 heteroatoms. The molecule has 0 fully saturated rings. The fourth-order valence-corrected chi connectivity index (χ4v) is 3.46. The summed E-state index contributed by atoms with van der Waals surface area (Å²) in [5, 5.41) is 0.00866. The second-order valence-electron chi connectivity index (χ2n) is 5.00. The Hall–Kier alpha value is -0.380. The van der Waals surface area contributed by atoms with Gasteiger partial charge in [-0.05, 0) is 33.1 Å². The van der Waals surface area contributed by atoms with Gasteiger partial charge >= 0.3 is 5.97 Å². The van der Waals surface area contributed by atoms with Gasteiger partial charge in [-0.15, -0.1) is 0 Å². The van der Waals surface area contributed by atoms with E-state index in [9.17, 15) is 9.00 Å². The van der Waals surface area contributed by atoms with Crippen molar-refractivity contribution in [1.29, 1.82) is 0 Å². The van der Waals surface area contributed by atoms with Crippen LogP contribution in [0.1, 0.15) is 54.4 Å². The van der Waals surface area contributed by atoms with Crippen LogP contribution in [-0.4, -0.2) is 26.8 Å². The van der Waals surface area contributed by atoms with Crippen LogP contribution in [-0.2, 0) is 20.3 Å². The molecule has 0 saturated heterocycles. The van der Waals surface area contributed by atoms with Gasteiger partial charge in [0.15, 0.2) is 0 Å². The average Bonchev–Trinajstić information content (AvgIpc) is 2.27. The van der Waals surface area contributed by atoms with Gasteiger partial charge < -0.3 is 4.74 Å². The first kappa shape index (κ1) is 16.6. The highest BCUT2D eigenvalue weighted by atomic mass is 32.2. The molecule has 0 aliphatic carbocycles. The number of esters is 1. The smallest absolute Gasteiger partial charge is 0.324 e. The Bertz CT molecular complexity index is 274. The van der Waals surface area contributed by atoms with E-state index >= 15 is 0 Å². The summed E-state index contributed by atoms with van der Waals surface area (Å²) in [5.41, 5.74) is 0. The molecule has 3 unspecified atom stereocenters. The van der Waals surface area contributed by atoms with E-state index in [0.29, 0.717) is 12.5 Å². The largest absolute Gasteiger partial charge is 0.465 e. The Balaban J connectivity index is 4.72. The normalized spacial score (nSPS) is 17.3. The molecule has 0 aliphatic rings. The van der Waals surface area contributed by atoms with E-state index in [1.54, 1.807) is 20.8 Å². The van der Waals surface area contributed by atoms with Gasteiger partial charge in [-0.2, -0.15) is 0 Å². The number of carbonyl (C=O) groups excluding carboxylic acids is 1. The molecule has 0 rings (SSSR count). The number of hydrogen-bond donors (Lipinski definition) is 0. The molecule has 0 aromatic carbocycles. The summed E-state index contributed by atoms with van der Waals surface area (Å²) in [6.07, 6.45) is 2.11. The summed E-state index contributed by atoms with van der Waals surface area (Å²) >= 11 is 0. The topological polar surface area (TPSA) is 43.4 Å². The average molecular weight is 262 g/mol. The first-order valence-electron chi connectivity index (χ1n) is 6.36. The van der Waals surface area contributed by atoms with Crippen molar-refractivity contribution in [2.45, 2.75) is 64.4 Å². The maximum atomic E-state index is 12.4.